The number of hydrogen-bond acceptors (Lipinski definition) is 3. The van der Waals surface area contributed by atoms with Crippen LogP contribution in [0.25, 0.3) is 0 Å². The monoisotopic (exact) mass is 227 g/mol. The number of rotatable bonds is 3. The van der Waals surface area contributed by atoms with Crippen LogP contribution in [-0.2, 0) is 0 Å². The van der Waals surface area contributed by atoms with Crippen LogP contribution in [0, 0.1) is 6.92 Å². The number of aromatic nitrogens is 1. The normalized spacial score (nSPS) is 10.2. The molecular weight excluding hydrogens is 210 g/mol. The summed E-state index contributed by atoms with van der Waals surface area (Å²) in [5, 5.41) is 0. The van der Waals surface area contributed by atoms with Crippen molar-refractivity contribution < 1.29 is 0 Å². The lowest BCUT2D eigenvalue weighted by Crippen LogP contribution is -2.18. The van der Waals surface area contributed by atoms with Crippen molar-refractivity contribution >= 4 is 17.2 Å². The van der Waals surface area contributed by atoms with Gasteiger partial charge in [0.1, 0.15) is 0 Å². The Morgan fingerprint density at radius 3 is 2.71 bits per heavy atom. The van der Waals surface area contributed by atoms with Gasteiger partial charge in [0.25, 0.3) is 0 Å². The Labute approximate surface area is 102 Å². The molecule has 0 spiro atoms. The summed E-state index contributed by atoms with van der Waals surface area (Å²) in [5.74, 6) is 0.820. The van der Waals surface area contributed by atoms with Crippen LogP contribution in [0.4, 0.5) is 17.2 Å². The summed E-state index contributed by atoms with van der Waals surface area (Å²) in [6.45, 7) is 5.01. The zero-order chi connectivity index (χ0) is 12.3. The van der Waals surface area contributed by atoms with E-state index in [1.165, 1.54) is 5.56 Å². The van der Waals surface area contributed by atoms with Crippen molar-refractivity contribution in [1.29, 1.82) is 0 Å². The standard InChI is InChI=1S/C14H17N3/c1-3-17(12-7-4-6-11(2)10-12)14-13(15)8-5-9-16-14/h4-10H,3,15H2,1-2H3. The van der Waals surface area contributed by atoms with Gasteiger partial charge < -0.3 is 10.6 Å². The third kappa shape index (κ3) is 2.38. The highest BCUT2D eigenvalue weighted by molar-refractivity contribution is 5.71. The molecule has 2 rings (SSSR count). The molecule has 17 heavy (non-hydrogen) atoms. The molecule has 0 atom stereocenters. The van der Waals surface area contributed by atoms with Gasteiger partial charge in [-0.25, -0.2) is 4.98 Å². The van der Waals surface area contributed by atoms with Gasteiger partial charge in [0.2, 0.25) is 0 Å². The minimum atomic E-state index is 0.704. The SMILES string of the molecule is CCN(c1cccc(C)c1)c1ncccc1N. The lowest BCUT2D eigenvalue weighted by molar-refractivity contribution is 0.991. The van der Waals surface area contributed by atoms with E-state index in [1.54, 1.807) is 6.20 Å². The number of nitrogen functional groups attached to an aromatic ring is 1. The van der Waals surface area contributed by atoms with Crippen molar-refractivity contribution in [1.82, 2.24) is 4.98 Å². The molecule has 0 bridgehead atoms. The highest BCUT2D eigenvalue weighted by Gasteiger charge is 2.11. The number of aryl methyl sites for hydroxylation is 1. The Morgan fingerprint density at radius 1 is 1.24 bits per heavy atom. The molecule has 0 radical (unpaired) electrons. The molecule has 1 heterocycles. The maximum Gasteiger partial charge on any atom is 0.156 e. The van der Waals surface area contributed by atoms with E-state index < -0.39 is 0 Å². The van der Waals surface area contributed by atoms with Gasteiger partial charge in [-0.2, -0.15) is 0 Å². The number of hydrogen-bond donors (Lipinski definition) is 1. The van der Waals surface area contributed by atoms with E-state index >= 15 is 0 Å². The Hall–Kier alpha value is -2.03. The van der Waals surface area contributed by atoms with Crippen LogP contribution in [0.1, 0.15) is 12.5 Å². The number of anilines is 3. The van der Waals surface area contributed by atoms with Crippen molar-refractivity contribution in [3.05, 3.63) is 48.2 Å². The van der Waals surface area contributed by atoms with Gasteiger partial charge >= 0.3 is 0 Å². The molecule has 3 heteroatoms. The fourth-order valence-corrected chi connectivity index (χ4v) is 1.89. The second-order valence-electron chi connectivity index (χ2n) is 4.00. The summed E-state index contributed by atoms with van der Waals surface area (Å²) in [4.78, 5) is 6.47. The molecule has 0 saturated carbocycles. The molecule has 88 valence electrons. The average Bonchev–Trinajstić information content (AvgIpc) is 2.33. The lowest BCUT2D eigenvalue weighted by Gasteiger charge is -2.23. The summed E-state index contributed by atoms with van der Waals surface area (Å²) in [5.41, 5.74) is 9.03. The van der Waals surface area contributed by atoms with E-state index in [2.05, 4.69) is 41.9 Å². The molecule has 0 aliphatic heterocycles. The summed E-state index contributed by atoms with van der Waals surface area (Å²) in [7, 11) is 0. The number of pyridine rings is 1. The first-order chi connectivity index (χ1) is 8.22. The second-order valence-corrected chi connectivity index (χ2v) is 4.00. The predicted octanol–water partition coefficient (Wildman–Crippen LogP) is 3.13. The minimum Gasteiger partial charge on any atom is -0.396 e. The van der Waals surface area contributed by atoms with Crippen molar-refractivity contribution in [3.63, 3.8) is 0 Å². The van der Waals surface area contributed by atoms with Gasteiger partial charge in [0, 0.05) is 18.4 Å². The summed E-state index contributed by atoms with van der Waals surface area (Å²) in [6.07, 6.45) is 1.77. The van der Waals surface area contributed by atoms with Crippen LogP contribution in [0.15, 0.2) is 42.6 Å². The van der Waals surface area contributed by atoms with Gasteiger partial charge in [-0.05, 0) is 43.7 Å². The van der Waals surface area contributed by atoms with E-state index in [-0.39, 0.29) is 0 Å². The van der Waals surface area contributed by atoms with Gasteiger partial charge in [0.05, 0.1) is 5.69 Å². The van der Waals surface area contributed by atoms with E-state index in [0.717, 1.165) is 18.1 Å². The third-order valence-electron chi connectivity index (χ3n) is 2.70. The van der Waals surface area contributed by atoms with Crippen LogP contribution in [-0.4, -0.2) is 11.5 Å². The third-order valence-corrected chi connectivity index (χ3v) is 2.70. The smallest absolute Gasteiger partial charge is 0.156 e. The van der Waals surface area contributed by atoms with Crippen LogP contribution in [0.2, 0.25) is 0 Å². The first-order valence-corrected chi connectivity index (χ1v) is 5.77. The van der Waals surface area contributed by atoms with Crippen LogP contribution in [0.5, 0.6) is 0 Å². The van der Waals surface area contributed by atoms with Crippen LogP contribution < -0.4 is 10.6 Å². The Balaban J connectivity index is 2.44. The molecule has 0 fully saturated rings. The summed E-state index contributed by atoms with van der Waals surface area (Å²) < 4.78 is 0. The highest BCUT2D eigenvalue weighted by Crippen LogP contribution is 2.27. The molecular formula is C14H17N3. The summed E-state index contributed by atoms with van der Waals surface area (Å²) in [6, 6.07) is 12.1. The molecule has 2 N–H and O–H groups in total. The predicted molar refractivity (Wildman–Crippen MR) is 72.5 cm³/mol. The number of benzene rings is 1. The van der Waals surface area contributed by atoms with E-state index in [4.69, 9.17) is 5.73 Å². The topological polar surface area (TPSA) is 42.2 Å². The van der Waals surface area contributed by atoms with E-state index in [9.17, 15) is 0 Å². The van der Waals surface area contributed by atoms with E-state index in [1.807, 2.05) is 18.2 Å². The molecule has 1 aromatic carbocycles. The zero-order valence-electron chi connectivity index (χ0n) is 10.2. The minimum absolute atomic E-state index is 0.704. The Bertz CT molecular complexity index is 508. The molecule has 3 nitrogen and oxygen atoms in total. The molecule has 0 aliphatic rings. The van der Waals surface area contributed by atoms with Crippen LogP contribution in [0.3, 0.4) is 0 Å². The quantitative estimate of drug-likeness (QED) is 0.876. The molecule has 0 aliphatic carbocycles. The van der Waals surface area contributed by atoms with Gasteiger partial charge in [-0.3, -0.25) is 0 Å². The molecule has 2 aromatic rings. The fraction of sp³-hybridized carbons (Fsp3) is 0.214. The second kappa shape index (κ2) is 4.87. The Morgan fingerprint density at radius 2 is 2.06 bits per heavy atom. The lowest BCUT2D eigenvalue weighted by atomic mass is 10.2. The largest absolute Gasteiger partial charge is 0.396 e. The van der Waals surface area contributed by atoms with Crippen LogP contribution >= 0.6 is 0 Å². The molecule has 0 saturated heterocycles. The Kier molecular flexibility index (Phi) is 3.28. The summed E-state index contributed by atoms with van der Waals surface area (Å²) >= 11 is 0. The van der Waals surface area contributed by atoms with Gasteiger partial charge in [0.15, 0.2) is 5.82 Å². The van der Waals surface area contributed by atoms with Gasteiger partial charge in [-0.1, -0.05) is 12.1 Å². The zero-order valence-corrected chi connectivity index (χ0v) is 10.2. The van der Waals surface area contributed by atoms with Crippen molar-refractivity contribution in [2.75, 3.05) is 17.2 Å². The van der Waals surface area contributed by atoms with Crippen molar-refractivity contribution in [3.8, 4) is 0 Å². The molecule has 1 aromatic heterocycles. The van der Waals surface area contributed by atoms with Crippen molar-refractivity contribution in [2.45, 2.75) is 13.8 Å². The van der Waals surface area contributed by atoms with Gasteiger partial charge in [-0.15, -0.1) is 0 Å². The molecule has 0 unspecified atom stereocenters. The fourth-order valence-electron chi connectivity index (χ4n) is 1.89. The number of nitrogens with zero attached hydrogens (tertiary/aromatic N) is 2. The highest BCUT2D eigenvalue weighted by atomic mass is 15.2. The maximum absolute atomic E-state index is 5.97. The van der Waals surface area contributed by atoms with Crippen molar-refractivity contribution in [2.24, 2.45) is 0 Å². The van der Waals surface area contributed by atoms with E-state index in [0.29, 0.717) is 5.69 Å². The maximum atomic E-state index is 5.97. The number of nitrogens with two attached hydrogens (primary N) is 1. The first-order valence-electron chi connectivity index (χ1n) is 5.77. The first kappa shape index (κ1) is 11.5. The molecule has 0 amide bonds. The average molecular weight is 227 g/mol.